The average molecular weight is 410 g/mol. The quantitative estimate of drug-likeness (QED) is 0.600. The first kappa shape index (κ1) is 20.4. The molecule has 2 N–H and O–H groups in total. The third-order valence-corrected chi connectivity index (χ3v) is 5.83. The van der Waals surface area contributed by atoms with Crippen LogP contribution in [0.4, 0.5) is 0 Å². The van der Waals surface area contributed by atoms with Crippen LogP contribution in [0, 0.1) is 12.8 Å². The van der Waals surface area contributed by atoms with Crippen molar-refractivity contribution in [3.63, 3.8) is 0 Å². The first-order valence-electron chi connectivity index (χ1n) is 10.2. The third kappa shape index (κ3) is 4.17. The van der Waals surface area contributed by atoms with Crippen LogP contribution in [-0.4, -0.2) is 41.7 Å². The fourth-order valence-electron chi connectivity index (χ4n) is 4.14. The van der Waals surface area contributed by atoms with Crippen molar-refractivity contribution >= 4 is 11.8 Å². The number of aryl methyl sites for hydroxylation is 1. The van der Waals surface area contributed by atoms with E-state index in [0.717, 1.165) is 29.5 Å². The molecule has 1 atom stereocenters. The van der Waals surface area contributed by atoms with Crippen molar-refractivity contribution in [3.05, 3.63) is 64.7 Å². The van der Waals surface area contributed by atoms with Crippen LogP contribution in [0.5, 0.6) is 5.75 Å². The van der Waals surface area contributed by atoms with Crippen molar-refractivity contribution in [1.29, 1.82) is 0 Å². The normalized spacial score (nSPS) is 19.4. The second kappa shape index (κ2) is 8.85. The molecule has 2 amide bonds. The maximum Gasteiger partial charge on any atom is 0.274 e. The summed E-state index contributed by atoms with van der Waals surface area (Å²) < 4.78 is 11.5. The lowest BCUT2D eigenvalue weighted by Crippen LogP contribution is -2.41. The van der Waals surface area contributed by atoms with Crippen LogP contribution in [0.3, 0.4) is 0 Å². The van der Waals surface area contributed by atoms with E-state index in [9.17, 15) is 9.59 Å². The van der Waals surface area contributed by atoms with E-state index in [0.29, 0.717) is 31.1 Å². The fourth-order valence-corrected chi connectivity index (χ4v) is 4.14. The summed E-state index contributed by atoms with van der Waals surface area (Å²) in [5.74, 6) is -0.00228. The highest BCUT2D eigenvalue weighted by molar-refractivity contribution is 5.93. The molecule has 2 aliphatic rings. The van der Waals surface area contributed by atoms with Crippen LogP contribution in [0.2, 0.25) is 0 Å². The van der Waals surface area contributed by atoms with Crippen LogP contribution in [-0.2, 0) is 16.1 Å². The first-order chi connectivity index (χ1) is 14.6. The smallest absolute Gasteiger partial charge is 0.274 e. The second-order valence-electron chi connectivity index (χ2n) is 7.86. The molecule has 2 aromatic rings. The Labute approximate surface area is 175 Å². The van der Waals surface area contributed by atoms with Gasteiger partial charge >= 0.3 is 0 Å². The minimum atomic E-state index is -0.601. The van der Waals surface area contributed by atoms with E-state index in [1.54, 1.807) is 23.7 Å². The van der Waals surface area contributed by atoms with Gasteiger partial charge in [0.15, 0.2) is 0 Å². The summed E-state index contributed by atoms with van der Waals surface area (Å²) in [7, 11) is 0. The molecular formula is C23H26N2O5. The molecule has 7 nitrogen and oxygen atoms in total. The Bertz CT molecular complexity index is 939. The van der Waals surface area contributed by atoms with Gasteiger partial charge in [-0.05, 0) is 37.5 Å². The Kier molecular flexibility index (Phi) is 6.01. The van der Waals surface area contributed by atoms with E-state index in [4.69, 9.17) is 14.7 Å². The average Bonchev–Trinajstić information content (AvgIpc) is 2.98. The van der Waals surface area contributed by atoms with Crippen LogP contribution in [0.25, 0.3) is 0 Å². The van der Waals surface area contributed by atoms with Crippen molar-refractivity contribution in [2.24, 2.45) is 5.92 Å². The maximum absolute atomic E-state index is 13.5. The van der Waals surface area contributed by atoms with Crippen molar-refractivity contribution < 1.29 is 24.3 Å². The van der Waals surface area contributed by atoms with Gasteiger partial charge in [0.25, 0.3) is 5.91 Å². The molecule has 0 radical (unpaired) electrons. The monoisotopic (exact) mass is 410 g/mol. The Hall–Kier alpha value is -2.90. The number of amides is 2. The van der Waals surface area contributed by atoms with Crippen molar-refractivity contribution in [3.8, 4) is 5.75 Å². The minimum absolute atomic E-state index is 0.0629. The molecule has 0 saturated carbocycles. The molecular weight excluding hydrogens is 384 g/mol. The van der Waals surface area contributed by atoms with Gasteiger partial charge in [0.2, 0.25) is 5.91 Å². The number of hydroxylamine groups is 1. The lowest BCUT2D eigenvalue weighted by molar-refractivity contribution is -0.142. The third-order valence-electron chi connectivity index (χ3n) is 5.83. The number of carbonyl (C=O) groups excluding carboxylic acids is 2. The molecule has 4 rings (SSSR count). The zero-order valence-corrected chi connectivity index (χ0v) is 17.0. The molecule has 0 bridgehead atoms. The summed E-state index contributed by atoms with van der Waals surface area (Å²) in [6.07, 6.45) is 1.44. The number of carbonyl (C=O) groups is 2. The number of ether oxygens (including phenoxy) is 2. The molecule has 158 valence electrons. The van der Waals surface area contributed by atoms with Crippen molar-refractivity contribution in [2.45, 2.75) is 32.4 Å². The van der Waals surface area contributed by atoms with E-state index in [-0.39, 0.29) is 24.5 Å². The Morgan fingerprint density at radius 3 is 2.67 bits per heavy atom. The van der Waals surface area contributed by atoms with Gasteiger partial charge in [-0.1, -0.05) is 35.9 Å². The number of fused-ring (bicyclic) bond motifs is 1. The molecule has 2 aliphatic heterocycles. The van der Waals surface area contributed by atoms with E-state index >= 15 is 0 Å². The highest BCUT2D eigenvalue weighted by Gasteiger charge is 2.34. The van der Waals surface area contributed by atoms with Gasteiger partial charge in [0, 0.05) is 30.3 Å². The molecule has 0 aromatic heterocycles. The van der Waals surface area contributed by atoms with Gasteiger partial charge in [-0.25, -0.2) is 5.48 Å². The molecule has 2 aromatic carbocycles. The second-order valence-corrected chi connectivity index (χ2v) is 7.86. The summed E-state index contributed by atoms with van der Waals surface area (Å²) in [5.41, 5.74) is 4.92. The summed E-state index contributed by atoms with van der Waals surface area (Å²) >= 11 is 0. The lowest BCUT2D eigenvalue weighted by Gasteiger charge is -2.34. The zero-order valence-electron chi connectivity index (χ0n) is 17.0. The van der Waals surface area contributed by atoms with E-state index in [2.05, 4.69) is 6.07 Å². The summed E-state index contributed by atoms with van der Waals surface area (Å²) in [6.45, 7) is 3.92. The van der Waals surface area contributed by atoms with Crippen molar-refractivity contribution in [1.82, 2.24) is 10.4 Å². The molecule has 0 spiro atoms. The first-order valence-corrected chi connectivity index (χ1v) is 10.2. The molecule has 30 heavy (non-hydrogen) atoms. The molecule has 2 heterocycles. The van der Waals surface area contributed by atoms with Crippen LogP contribution in [0.1, 0.15) is 45.9 Å². The summed E-state index contributed by atoms with van der Waals surface area (Å²) in [5, 5.41) is 8.92. The predicted molar refractivity (Wildman–Crippen MR) is 109 cm³/mol. The lowest BCUT2D eigenvalue weighted by atomic mass is 9.95. The van der Waals surface area contributed by atoms with Gasteiger partial charge in [-0.15, -0.1) is 0 Å². The largest absolute Gasteiger partial charge is 0.491 e. The summed E-state index contributed by atoms with van der Waals surface area (Å²) in [4.78, 5) is 27.2. The van der Waals surface area contributed by atoms with Gasteiger partial charge in [0.1, 0.15) is 12.4 Å². The molecule has 1 fully saturated rings. The van der Waals surface area contributed by atoms with Gasteiger partial charge in [-0.3, -0.25) is 14.8 Å². The van der Waals surface area contributed by atoms with Crippen LogP contribution in [0.15, 0.2) is 42.5 Å². The van der Waals surface area contributed by atoms with E-state index < -0.39 is 5.91 Å². The highest BCUT2D eigenvalue weighted by Crippen LogP contribution is 2.34. The molecule has 0 aliphatic carbocycles. The number of nitrogens with one attached hydrogen (secondary N) is 1. The van der Waals surface area contributed by atoms with Crippen molar-refractivity contribution in [2.75, 3.05) is 19.8 Å². The highest BCUT2D eigenvalue weighted by atomic mass is 16.5. The molecule has 7 heteroatoms. The number of benzene rings is 2. The number of rotatable bonds is 3. The van der Waals surface area contributed by atoms with Gasteiger partial charge in [0.05, 0.1) is 12.6 Å². The number of nitrogens with zero attached hydrogens (tertiary/aromatic N) is 1. The number of hydrogen-bond acceptors (Lipinski definition) is 5. The molecule has 0 unspecified atom stereocenters. The van der Waals surface area contributed by atoms with E-state index in [1.807, 2.05) is 30.0 Å². The fraction of sp³-hybridized carbons (Fsp3) is 0.391. The Morgan fingerprint density at radius 2 is 1.93 bits per heavy atom. The zero-order chi connectivity index (χ0) is 21.1. The SMILES string of the molecule is Cc1cccc([C@H]2COc3cc(C(=O)NO)ccc3CN2C(=O)C2CCOCC2)c1. The standard InChI is InChI=1S/C23H26N2O5/c1-15-3-2-4-17(11-15)20-14-30-21-12-18(22(26)24-28)5-6-19(21)13-25(20)23(27)16-7-9-29-10-8-16/h2-6,11-12,16,20,28H,7-10,13-14H2,1H3,(H,24,26)/t20-/m1/s1. The summed E-state index contributed by atoms with van der Waals surface area (Å²) in [6, 6.07) is 12.9. The Morgan fingerprint density at radius 1 is 1.13 bits per heavy atom. The van der Waals surface area contributed by atoms with Crippen LogP contribution < -0.4 is 10.2 Å². The van der Waals surface area contributed by atoms with Crippen LogP contribution >= 0.6 is 0 Å². The Balaban J connectivity index is 1.69. The topological polar surface area (TPSA) is 88.1 Å². The minimum Gasteiger partial charge on any atom is -0.491 e. The van der Waals surface area contributed by atoms with Gasteiger partial charge < -0.3 is 14.4 Å². The van der Waals surface area contributed by atoms with Gasteiger partial charge in [-0.2, -0.15) is 0 Å². The maximum atomic E-state index is 13.5. The molecule has 1 saturated heterocycles. The predicted octanol–water partition coefficient (Wildman–Crippen LogP) is 3.00. The number of hydrogen-bond donors (Lipinski definition) is 2. The van der Waals surface area contributed by atoms with E-state index in [1.165, 1.54) is 0 Å².